The number of nitriles is 1. The summed E-state index contributed by atoms with van der Waals surface area (Å²) in [7, 11) is 3.34. The largest absolute Gasteiger partial charge is 0.495 e. The summed E-state index contributed by atoms with van der Waals surface area (Å²) in [5.41, 5.74) is 1.10. The van der Waals surface area contributed by atoms with E-state index in [1.165, 1.54) is 0 Å². The van der Waals surface area contributed by atoms with Gasteiger partial charge in [-0.2, -0.15) is 5.26 Å². The predicted octanol–water partition coefficient (Wildman–Crippen LogP) is 2.30. The Morgan fingerprint density at radius 1 is 1.53 bits per heavy atom. The van der Waals surface area contributed by atoms with E-state index in [-0.39, 0.29) is 0 Å². The van der Waals surface area contributed by atoms with Gasteiger partial charge in [0, 0.05) is 13.6 Å². The Labute approximate surface area is 94.8 Å². The molecule has 0 heterocycles. The van der Waals surface area contributed by atoms with Crippen molar-refractivity contribution in [1.82, 2.24) is 4.90 Å². The van der Waals surface area contributed by atoms with E-state index in [9.17, 15) is 0 Å². The van der Waals surface area contributed by atoms with Crippen molar-refractivity contribution in [2.24, 2.45) is 0 Å². The number of methoxy groups -OCH3 is 1. The van der Waals surface area contributed by atoms with Crippen LogP contribution in [0.4, 0.5) is 0 Å². The second-order valence-corrected chi connectivity index (χ2v) is 3.65. The van der Waals surface area contributed by atoms with E-state index in [0.717, 1.165) is 12.0 Å². The summed E-state index contributed by atoms with van der Waals surface area (Å²) < 4.78 is 5.05. The van der Waals surface area contributed by atoms with Crippen LogP contribution in [0.3, 0.4) is 0 Å². The van der Waals surface area contributed by atoms with Gasteiger partial charge >= 0.3 is 0 Å². The first-order valence-corrected chi connectivity index (χ1v) is 4.98. The Bertz CT molecular complexity index is 373. The standard InChI is InChI=1S/C11H13ClN2O/c1-14(8-13)6-5-9-3-4-11(15-2)10(12)7-9/h3-4,7H,5-6H2,1-2H3. The first-order valence-electron chi connectivity index (χ1n) is 4.60. The van der Waals surface area contributed by atoms with Crippen molar-refractivity contribution in [2.45, 2.75) is 6.42 Å². The van der Waals surface area contributed by atoms with Crippen LogP contribution in [0.5, 0.6) is 5.75 Å². The van der Waals surface area contributed by atoms with Gasteiger partial charge in [-0.3, -0.25) is 0 Å². The highest BCUT2D eigenvalue weighted by molar-refractivity contribution is 6.32. The van der Waals surface area contributed by atoms with Crippen LogP contribution >= 0.6 is 11.6 Å². The van der Waals surface area contributed by atoms with E-state index in [0.29, 0.717) is 17.3 Å². The fraction of sp³-hybridized carbons (Fsp3) is 0.364. The molecule has 15 heavy (non-hydrogen) atoms. The third kappa shape index (κ3) is 3.34. The normalized spacial score (nSPS) is 9.47. The van der Waals surface area contributed by atoms with Crippen molar-refractivity contribution >= 4 is 11.6 Å². The van der Waals surface area contributed by atoms with Crippen LogP contribution in [0, 0.1) is 11.5 Å². The van der Waals surface area contributed by atoms with Crippen molar-refractivity contribution in [1.29, 1.82) is 5.26 Å². The molecule has 1 aromatic carbocycles. The summed E-state index contributed by atoms with van der Waals surface area (Å²) in [6.45, 7) is 0.694. The molecule has 0 unspecified atom stereocenters. The number of hydrogen-bond donors (Lipinski definition) is 0. The van der Waals surface area contributed by atoms with Gasteiger partial charge in [0.25, 0.3) is 0 Å². The third-order valence-corrected chi connectivity index (χ3v) is 2.42. The van der Waals surface area contributed by atoms with Crippen molar-refractivity contribution in [2.75, 3.05) is 20.7 Å². The number of nitrogens with zero attached hydrogens (tertiary/aromatic N) is 2. The molecule has 0 N–H and O–H groups in total. The van der Waals surface area contributed by atoms with Gasteiger partial charge in [-0.05, 0) is 24.1 Å². The Balaban J connectivity index is 2.64. The minimum Gasteiger partial charge on any atom is -0.495 e. The molecule has 0 amide bonds. The smallest absolute Gasteiger partial charge is 0.179 e. The molecule has 0 saturated carbocycles. The minimum atomic E-state index is 0.606. The molecule has 0 bridgehead atoms. The van der Waals surface area contributed by atoms with Gasteiger partial charge in [0.15, 0.2) is 6.19 Å². The van der Waals surface area contributed by atoms with E-state index in [4.69, 9.17) is 21.6 Å². The molecule has 0 aromatic heterocycles. The van der Waals surface area contributed by atoms with Crippen LogP contribution in [0.15, 0.2) is 18.2 Å². The molecule has 0 atom stereocenters. The highest BCUT2D eigenvalue weighted by Gasteiger charge is 2.02. The Kier molecular flexibility index (Phi) is 4.26. The maximum Gasteiger partial charge on any atom is 0.179 e. The second-order valence-electron chi connectivity index (χ2n) is 3.24. The number of ether oxygens (including phenoxy) is 1. The van der Waals surface area contributed by atoms with E-state index in [1.807, 2.05) is 24.4 Å². The quantitative estimate of drug-likeness (QED) is 0.582. The number of rotatable bonds is 4. The lowest BCUT2D eigenvalue weighted by Gasteiger charge is -2.09. The van der Waals surface area contributed by atoms with Crippen LogP contribution in [0.2, 0.25) is 5.02 Å². The van der Waals surface area contributed by atoms with Crippen LogP contribution in [-0.4, -0.2) is 25.6 Å². The topological polar surface area (TPSA) is 36.3 Å². The molecule has 0 saturated heterocycles. The Hall–Kier alpha value is -1.40. The molecule has 1 aromatic rings. The van der Waals surface area contributed by atoms with E-state index < -0.39 is 0 Å². The zero-order chi connectivity index (χ0) is 11.3. The minimum absolute atomic E-state index is 0.606. The lowest BCUT2D eigenvalue weighted by molar-refractivity contribution is 0.414. The summed E-state index contributed by atoms with van der Waals surface area (Å²) in [4.78, 5) is 1.58. The molecule has 0 radical (unpaired) electrons. The first-order chi connectivity index (χ1) is 7.17. The zero-order valence-corrected chi connectivity index (χ0v) is 9.58. The molecule has 4 heteroatoms. The van der Waals surface area contributed by atoms with Gasteiger partial charge in [0.05, 0.1) is 12.1 Å². The van der Waals surface area contributed by atoms with Gasteiger partial charge in [-0.1, -0.05) is 17.7 Å². The molecule has 0 spiro atoms. The van der Waals surface area contributed by atoms with E-state index >= 15 is 0 Å². The van der Waals surface area contributed by atoms with Crippen LogP contribution in [0.25, 0.3) is 0 Å². The van der Waals surface area contributed by atoms with Gasteiger partial charge in [-0.25, -0.2) is 0 Å². The summed E-state index contributed by atoms with van der Waals surface area (Å²) in [5.74, 6) is 0.675. The van der Waals surface area contributed by atoms with Crippen molar-refractivity contribution in [3.05, 3.63) is 28.8 Å². The molecule has 0 aliphatic rings. The number of halogens is 1. The fourth-order valence-corrected chi connectivity index (χ4v) is 1.49. The summed E-state index contributed by atoms with van der Waals surface area (Å²) in [5, 5.41) is 9.19. The lowest BCUT2D eigenvalue weighted by Crippen LogP contribution is -2.14. The molecule has 0 aliphatic heterocycles. The maximum absolute atomic E-state index is 8.58. The summed E-state index contributed by atoms with van der Waals surface area (Å²) in [6.07, 6.45) is 2.85. The van der Waals surface area contributed by atoms with Gasteiger partial charge in [0.1, 0.15) is 5.75 Å². The number of hydrogen-bond acceptors (Lipinski definition) is 3. The van der Waals surface area contributed by atoms with E-state index in [2.05, 4.69) is 0 Å². The monoisotopic (exact) mass is 224 g/mol. The van der Waals surface area contributed by atoms with Gasteiger partial charge in [-0.15, -0.1) is 0 Å². The first kappa shape index (κ1) is 11.7. The van der Waals surface area contributed by atoms with Crippen molar-refractivity contribution < 1.29 is 4.74 Å². The molecular formula is C11H13ClN2O. The maximum atomic E-state index is 8.58. The average molecular weight is 225 g/mol. The highest BCUT2D eigenvalue weighted by Crippen LogP contribution is 2.24. The summed E-state index contributed by atoms with van der Waals surface area (Å²) >= 11 is 5.98. The number of likely N-dealkylation sites (N-methyl/N-ethyl adjacent to an activating group) is 1. The fourth-order valence-electron chi connectivity index (χ4n) is 1.21. The van der Waals surface area contributed by atoms with Crippen molar-refractivity contribution in [3.63, 3.8) is 0 Å². The molecule has 0 aliphatic carbocycles. The van der Waals surface area contributed by atoms with Crippen LogP contribution in [-0.2, 0) is 6.42 Å². The highest BCUT2D eigenvalue weighted by atomic mass is 35.5. The molecule has 0 fully saturated rings. The third-order valence-electron chi connectivity index (χ3n) is 2.12. The molecule has 3 nitrogen and oxygen atoms in total. The van der Waals surface area contributed by atoms with Crippen LogP contribution in [0.1, 0.15) is 5.56 Å². The lowest BCUT2D eigenvalue weighted by atomic mass is 10.1. The Morgan fingerprint density at radius 2 is 2.27 bits per heavy atom. The van der Waals surface area contributed by atoms with Gasteiger partial charge in [0.2, 0.25) is 0 Å². The predicted molar refractivity (Wildman–Crippen MR) is 60.0 cm³/mol. The van der Waals surface area contributed by atoms with Crippen LogP contribution < -0.4 is 4.74 Å². The second kappa shape index (κ2) is 5.47. The van der Waals surface area contributed by atoms with E-state index in [1.54, 1.807) is 19.1 Å². The van der Waals surface area contributed by atoms with Gasteiger partial charge < -0.3 is 9.64 Å². The zero-order valence-electron chi connectivity index (χ0n) is 8.83. The molecule has 1 rings (SSSR count). The number of benzene rings is 1. The SMILES string of the molecule is COc1ccc(CCN(C)C#N)cc1Cl. The molecular weight excluding hydrogens is 212 g/mol. The summed E-state index contributed by atoms with van der Waals surface area (Å²) in [6, 6.07) is 5.66. The average Bonchev–Trinajstić information content (AvgIpc) is 2.26. The molecule has 80 valence electrons. The Morgan fingerprint density at radius 3 is 2.80 bits per heavy atom. The van der Waals surface area contributed by atoms with Crippen molar-refractivity contribution in [3.8, 4) is 11.9 Å².